The van der Waals surface area contributed by atoms with E-state index in [1.807, 2.05) is 53.4 Å². The monoisotopic (exact) mass is 311 g/mol. The van der Waals surface area contributed by atoms with Gasteiger partial charge < -0.3 is 14.4 Å². The molecule has 120 valence electrons. The number of hydrogen-bond donors (Lipinski definition) is 0. The van der Waals surface area contributed by atoms with E-state index in [1.54, 1.807) is 7.11 Å². The molecule has 0 atom stereocenters. The van der Waals surface area contributed by atoms with Crippen LogP contribution in [0.5, 0.6) is 11.5 Å². The van der Waals surface area contributed by atoms with Gasteiger partial charge in [-0.15, -0.1) is 0 Å². The molecule has 0 aliphatic carbocycles. The molecular formula is C19H21NO3. The predicted octanol–water partition coefficient (Wildman–Crippen LogP) is 3.40. The topological polar surface area (TPSA) is 38.8 Å². The lowest BCUT2D eigenvalue weighted by Crippen LogP contribution is -2.23. The van der Waals surface area contributed by atoms with Crippen LogP contribution in [0.2, 0.25) is 0 Å². The van der Waals surface area contributed by atoms with Gasteiger partial charge in [-0.1, -0.05) is 36.4 Å². The van der Waals surface area contributed by atoms with E-state index in [9.17, 15) is 4.79 Å². The first-order valence-electron chi connectivity index (χ1n) is 7.87. The summed E-state index contributed by atoms with van der Waals surface area (Å²) in [6.45, 7) is 1.97. The molecule has 0 N–H and O–H groups in total. The Morgan fingerprint density at radius 2 is 1.87 bits per heavy atom. The van der Waals surface area contributed by atoms with Gasteiger partial charge in [-0.05, 0) is 29.7 Å². The fraction of sp³-hybridized carbons (Fsp3) is 0.316. The number of benzene rings is 2. The average molecular weight is 311 g/mol. The normalized spacial score (nSPS) is 14.1. The fourth-order valence-electron chi connectivity index (χ4n) is 2.76. The molecule has 2 aromatic carbocycles. The molecule has 4 heteroatoms. The summed E-state index contributed by atoms with van der Waals surface area (Å²) < 4.78 is 11.3. The first kappa shape index (κ1) is 15.4. The Kier molecular flexibility index (Phi) is 4.81. The first-order chi connectivity index (χ1) is 11.3. The molecule has 0 saturated carbocycles. The molecule has 3 rings (SSSR count). The molecule has 1 saturated heterocycles. The smallest absolute Gasteiger partial charge is 0.222 e. The van der Waals surface area contributed by atoms with Crippen LogP contribution in [-0.4, -0.2) is 24.5 Å². The Bertz CT molecular complexity index is 670. The molecule has 1 fully saturated rings. The highest BCUT2D eigenvalue weighted by Gasteiger charge is 2.20. The SMILES string of the molecule is COc1cc(CN2CCCC2=O)ccc1OCc1ccccc1. The van der Waals surface area contributed by atoms with Gasteiger partial charge in [0.25, 0.3) is 0 Å². The summed E-state index contributed by atoms with van der Waals surface area (Å²) in [7, 11) is 1.63. The third kappa shape index (κ3) is 3.83. The van der Waals surface area contributed by atoms with E-state index >= 15 is 0 Å². The summed E-state index contributed by atoms with van der Waals surface area (Å²) in [6.07, 6.45) is 1.61. The van der Waals surface area contributed by atoms with E-state index in [0.717, 1.165) is 24.1 Å². The Morgan fingerprint density at radius 3 is 2.57 bits per heavy atom. The molecule has 1 heterocycles. The van der Waals surface area contributed by atoms with Crippen LogP contribution in [-0.2, 0) is 17.9 Å². The van der Waals surface area contributed by atoms with Crippen LogP contribution in [0.1, 0.15) is 24.0 Å². The van der Waals surface area contributed by atoms with Crippen LogP contribution in [0.25, 0.3) is 0 Å². The van der Waals surface area contributed by atoms with Crippen molar-refractivity contribution in [2.45, 2.75) is 26.0 Å². The van der Waals surface area contributed by atoms with Gasteiger partial charge in [0.15, 0.2) is 11.5 Å². The van der Waals surface area contributed by atoms with Gasteiger partial charge in [0.05, 0.1) is 7.11 Å². The zero-order valence-corrected chi connectivity index (χ0v) is 13.3. The molecule has 23 heavy (non-hydrogen) atoms. The second kappa shape index (κ2) is 7.18. The second-order valence-corrected chi connectivity index (χ2v) is 5.68. The number of carbonyl (C=O) groups excluding carboxylic acids is 1. The number of carbonyl (C=O) groups is 1. The highest BCUT2D eigenvalue weighted by molar-refractivity contribution is 5.78. The first-order valence-corrected chi connectivity index (χ1v) is 7.87. The number of ether oxygens (including phenoxy) is 2. The van der Waals surface area contributed by atoms with Gasteiger partial charge in [-0.2, -0.15) is 0 Å². The molecule has 1 amide bonds. The number of nitrogens with zero attached hydrogens (tertiary/aromatic N) is 1. The quantitative estimate of drug-likeness (QED) is 0.821. The maximum atomic E-state index is 11.7. The highest BCUT2D eigenvalue weighted by atomic mass is 16.5. The van der Waals surface area contributed by atoms with Crippen molar-refractivity contribution in [3.8, 4) is 11.5 Å². The zero-order valence-electron chi connectivity index (χ0n) is 13.3. The minimum atomic E-state index is 0.230. The molecule has 0 spiro atoms. The molecule has 0 aromatic heterocycles. The Balaban J connectivity index is 1.68. The zero-order chi connectivity index (χ0) is 16.1. The second-order valence-electron chi connectivity index (χ2n) is 5.68. The van der Waals surface area contributed by atoms with Gasteiger partial charge in [-0.3, -0.25) is 4.79 Å². The van der Waals surface area contributed by atoms with Gasteiger partial charge >= 0.3 is 0 Å². The van der Waals surface area contributed by atoms with Gasteiger partial charge in [0.2, 0.25) is 5.91 Å². The molecule has 2 aromatic rings. The maximum Gasteiger partial charge on any atom is 0.222 e. The standard InChI is InChI=1S/C19H21NO3/c1-22-18-12-16(13-20-11-5-8-19(20)21)9-10-17(18)23-14-15-6-3-2-4-7-15/h2-4,6-7,9-10,12H,5,8,11,13-14H2,1H3. The third-order valence-electron chi connectivity index (χ3n) is 4.01. The number of amides is 1. The minimum absolute atomic E-state index is 0.230. The predicted molar refractivity (Wildman–Crippen MR) is 88.4 cm³/mol. The lowest BCUT2D eigenvalue weighted by molar-refractivity contribution is -0.128. The third-order valence-corrected chi connectivity index (χ3v) is 4.01. The van der Waals surface area contributed by atoms with Crippen LogP contribution >= 0.6 is 0 Å². The number of hydrogen-bond acceptors (Lipinski definition) is 3. The van der Waals surface area contributed by atoms with Crippen molar-refractivity contribution in [2.75, 3.05) is 13.7 Å². The summed E-state index contributed by atoms with van der Waals surface area (Å²) in [5.74, 6) is 1.64. The van der Waals surface area contributed by atoms with Crippen molar-refractivity contribution in [2.24, 2.45) is 0 Å². The van der Waals surface area contributed by atoms with Crippen molar-refractivity contribution in [1.29, 1.82) is 0 Å². The number of methoxy groups -OCH3 is 1. The van der Waals surface area contributed by atoms with E-state index in [1.165, 1.54) is 0 Å². The molecule has 0 unspecified atom stereocenters. The van der Waals surface area contributed by atoms with E-state index in [0.29, 0.717) is 31.1 Å². The molecule has 1 aliphatic rings. The van der Waals surface area contributed by atoms with Crippen molar-refractivity contribution in [1.82, 2.24) is 4.90 Å². The molecular weight excluding hydrogens is 290 g/mol. The maximum absolute atomic E-state index is 11.7. The van der Waals surface area contributed by atoms with Crippen LogP contribution in [0.4, 0.5) is 0 Å². The van der Waals surface area contributed by atoms with Crippen LogP contribution in [0.15, 0.2) is 48.5 Å². The Hall–Kier alpha value is -2.49. The van der Waals surface area contributed by atoms with Crippen molar-refractivity contribution in [3.63, 3.8) is 0 Å². The molecule has 0 radical (unpaired) electrons. The van der Waals surface area contributed by atoms with Crippen molar-refractivity contribution >= 4 is 5.91 Å². The largest absolute Gasteiger partial charge is 0.493 e. The summed E-state index contributed by atoms with van der Waals surface area (Å²) in [5, 5.41) is 0. The molecule has 1 aliphatic heterocycles. The summed E-state index contributed by atoms with van der Waals surface area (Å²) >= 11 is 0. The van der Waals surface area contributed by atoms with Crippen LogP contribution in [0, 0.1) is 0 Å². The number of rotatable bonds is 6. The van der Waals surface area contributed by atoms with E-state index < -0.39 is 0 Å². The molecule has 0 bridgehead atoms. The lowest BCUT2D eigenvalue weighted by Gasteiger charge is -2.17. The van der Waals surface area contributed by atoms with E-state index in [2.05, 4.69) is 0 Å². The summed E-state index contributed by atoms with van der Waals surface area (Å²) in [6, 6.07) is 15.9. The van der Waals surface area contributed by atoms with Crippen molar-refractivity contribution in [3.05, 3.63) is 59.7 Å². The Labute approximate surface area is 136 Å². The van der Waals surface area contributed by atoms with E-state index in [-0.39, 0.29) is 5.91 Å². The highest BCUT2D eigenvalue weighted by Crippen LogP contribution is 2.29. The number of likely N-dealkylation sites (tertiary alicyclic amines) is 1. The Morgan fingerprint density at radius 1 is 1.04 bits per heavy atom. The lowest BCUT2D eigenvalue weighted by atomic mass is 10.2. The van der Waals surface area contributed by atoms with Gasteiger partial charge in [0.1, 0.15) is 6.61 Å². The minimum Gasteiger partial charge on any atom is -0.493 e. The van der Waals surface area contributed by atoms with Crippen LogP contribution in [0.3, 0.4) is 0 Å². The van der Waals surface area contributed by atoms with Crippen LogP contribution < -0.4 is 9.47 Å². The van der Waals surface area contributed by atoms with Gasteiger partial charge in [-0.25, -0.2) is 0 Å². The van der Waals surface area contributed by atoms with Crippen molar-refractivity contribution < 1.29 is 14.3 Å². The summed E-state index contributed by atoms with van der Waals surface area (Å²) in [5.41, 5.74) is 2.17. The molecule has 4 nitrogen and oxygen atoms in total. The fourth-order valence-corrected chi connectivity index (χ4v) is 2.76. The van der Waals surface area contributed by atoms with E-state index in [4.69, 9.17) is 9.47 Å². The van der Waals surface area contributed by atoms with Gasteiger partial charge in [0, 0.05) is 19.5 Å². The average Bonchev–Trinajstić information content (AvgIpc) is 2.99. The summed E-state index contributed by atoms with van der Waals surface area (Å²) in [4.78, 5) is 13.6.